The summed E-state index contributed by atoms with van der Waals surface area (Å²) in [7, 11) is 0. The smallest absolute Gasteiger partial charge is 0.257 e. The second-order valence-corrected chi connectivity index (χ2v) is 7.67. The van der Waals surface area contributed by atoms with Crippen LogP contribution in [0, 0.1) is 12.7 Å². The molecule has 0 unspecified atom stereocenters. The third-order valence-corrected chi connectivity index (χ3v) is 5.40. The Balaban J connectivity index is 1.89. The molecule has 0 fully saturated rings. The summed E-state index contributed by atoms with van der Waals surface area (Å²) in [6.45, 7) is 3.79. The lowest BCUT2D eigenvalue weighted by Gasteiger charge is -2.23. The normalized spacial score (nSPS) is 15.7. The molecule has 9 heteroatoms. The predicted molar refractivity (Wildman–Crippen MR) is 106 cm³/mol. The van der Waals surface area contributed by atoms with Crippen LogP contribution in [0.1, 0.15) is 43.2 Å². The molecule has 1 aromatic heterocycles. The minimum atomic E-state index is -1.00. The number of rotatable bonds is 6. The molecule has 0 saturated heterocycles. The average molecular weight is 404 g/mol. The molecule has 3 N–H and O–H groups in total. The minimum Gasteiger partial charge on any atom is -0.325 e. The summed E-state index contributed by atoms with van der Waals surface area (Å²) in [4.78, 5) is 44.5. The molecule has 0 saturated carbocycles. The van der Waals surface area contributed by atoms with Crippen LogP contribution in [0.5, 0.6) is 0 Å². The van der Waals surface area contributed by atoms with Crippen molar-refractivity contribution in [1.29, 1.82) is 0 Å². The number of hydrogen-bond donors (Lipinski definition) is 3. The minimum absolute atomic E-state index is 0.107. The molecule has 148 valence electrons. The molecular weight excluding hydrogens is 383 g/mol. The number of carbonyl (C=O) groups excluding carboxylic acids is 2. The number of H-pyrrole nitrogens is 1. The molecule has 0 radical (unpaired) electrons. The first-order valence-electron chi connectivity index (χ1n) is 9.03. The lowest BCUT2D eigenvalue weighted by atomic mass is 9.92. The number of aromatic amines is 1. The molecule has 28 heavy (non-hydrogen) atoms. The number of unbranched alkanes of at least 4 members (excludes halogenated alkanes) is 1. The Hall–Kier alpha value is -2.68. The summed E-state index contributed by atoms with van der Waals surface area (Å²) in [6, 6.07) is 4.04. The van der Waals surface area contributed by atoms with Gasteiger partial charge < -0.3 is 15.6 Å². The Morgan fingerprint density at radius 2 is 2.18 bits per heavy atom. The van der Waals surface area contributed by atoms with Gasteiger partial charge in [-0.2, -0.15) is 0 Å². The van der Waals surface area contributed by atoms with Crippen molar-refractivity contribution in [3.05, 3.63) is 45.5 Å². The maximum Gasteiger partial charge on any atom is 0.257 e. The molecular formula is C19H21FN4O3S. The number of fused-ring (bicyclic) bond motifs is 1. The van der Waals surface area contributed by atoms with Gasteiger partial charge in [0.1, 0.15) is 11.6 Å². The molecule has 1 aliphatic heterocycles. The van der Waals surface area contributed by atoms with Gasteiger partial charge in [0.25, 0.3) is 5.56 Å². The Kier molecular flexibility index (Phi) is 6.13. The van der Waals surface area contributed by atoms with Gasteiger partial charge in [0.15, 0.2) is 5.16 Å². The second kappa shape index (κ2) is 8.55. The fraction of sp³-hybridized carbons (Fsp3) is 0.368. The van der Waals surface area contributed by atoms with E-state index >= 15 is 0 Å². The van der Waals surface area contributed by atoms with Crippen LogP contribution < -0.4 is 16.2 Å². The number of nitrogens with one attached hydrogen (secondary N) is 3. The molecule has 0 bridgehead atoms. The summed E-state index contributed by atoms with van der Waals surface area (Å²) in [5, 5.41) is 5.60. The van der Waals surface area contributed by atoms with Gasteiger partial charge in [-0.15, -0.1) is 0 Å². The molecule has 1 atom stereocenters. The van der Waals surface area contributed by atoms with Crippen LogP contribution in [0.15, 0.2) is 28.2 Å². The lowest BCUT2D eigenvalue weighted by Crippen LogP contribution is -2.36. The standard InChI is InChI=1S/C19H21FN4O3S/c1-3-4-7-28-19-23-16-15(18(27)24-19)12(9-14(25)22-16)17(26)21-13-8-11(20)6-5-10(13)2/h5-6,8,12H,3-4,7,9H2,1-2H3,(H,21,26)(H2,22,23,24,25,27)/t12-/m0/s1. The summed E-state index contributed by atoms with van der Waals surface area (Å²) < 4.78 is 13.5. The monoisotopic (exact) mass is 404 g/mol. The number of benzene rings is 1. The van der Waals surface area contributed by atoms with Crippen molar-refractivity contribution in [2.45, 2.75) is 44.2 Å². The molecule has 2 heterocycles. The second-order valence-electron chi connectivity index (χ2n) is 6.59. The van der Waals surface area contributed by atoms with Crippen molar-refractivity contribution in [2.75, 3.05) is 16.4 Å². The van der Waals surface area contributed by atoms with Crippen LogP contribution in [0.3, 0.4) is 0 Å². The van der Waals surface area contributed by atoms with E-state index in [0.717, 1.165) is 18.6 Å². The zero-order valence-electron chi connectivity index (χ0n) is 15.6. The molecule has 0 aliphatic carbocycles. The number of anilines is 2. The van der Waals surface area contributed by atoms with E-state index in [2.05, 4.69) is 27.5 Å². The Morgan fingerprint density at radius 1 is 1.39 bits per heavy atom. The van der Waals surface area contributed by atoms with Crippen LogP contribution in [0.2, 0.25) is 0 Å². The first kappa shape index (κ1) is 20.1. The van der Waals surface area contributed by atoms with Crippen LogP contribution in [0.4, 0.5) is 15.9 Å². The highest BCUT2D eigenvalue weighted by Crippen LogP contribution is 2.31. The number of amides is 2. The largest absolute Gasteiger partial charge is 0.325 e. The van der Waals surface area contributed by atoms with Crippen molar-refractivity contribution < 1.29 is 14.0 Å². The van der Waals surface area contributed by atoms with Gasteiger partial charge in [-0.25, -0.2) is 9.37 Å². The fourth-order valence-electron chi connectivity index (χ4n) is 2.90. The van der Waals surface area contributed by atoms with Crippen LogP contribution >= 0.6 is 11.8 Å². The van der Waals surface area contributed by atoms with E-state index in [9.17, 15) is 18.8 Å². The molecule has 1 aliphatic rings. The van der Waals surface area contributed by atoms with E-state index in [1.165, 1.54) is 23.9 Å². The average Bonchev–Trinajstić information content (AvgIpc) is 2.64. The van der Waals surface area contributed by atoms with Gasteiger partial charge in [-0.1, -0.05) is 31.2 Å². The maximum absolute atomic E-state index is 13.5. The van der Waals surface area contributed by atoms with Gasteiger partial charge in [-0.3, -0.25) is 14.4 Å². The van der Waals surface area contributed by atoms with Crippen LogP contribution in [-0.4, -0.2) is 27.5 Å². The van der Waals surface area contributed by atoms with Gasteiger partial charge >= 0.3 is 0 Å². The predicted octanol–water partition coefficient (Wildman–Crippen LogP) is 3.17. The van der Waals surface area contributed by atoms with Crippen molar-refractivity contribution in [3.63, 3.8) is 0 Å². The van der Waals surface area contributed by atoms with E-state index in [1.807, 2.05) is 0 Å². The number of hydrogen-bond acceptors (Lipinski definition) is 5. The number of aryl methyl sites for hydroxylation is 1. The molecule has 3 rings (SSSR count). The Labute approximate surface area is 165 Å². The van der Waals surface area contributed by atoms with E-state index in [4.69, 9.17) is 0 Å². The summed E-state index contributed by atoms with van der Waals surface area (Å²) in [5.74, 6) is -1.55. The van der Waals surface area contributed by atoms with Crippen molar-refractivity contribution in [2.24, 2.45) is 0 Å². The van der Waals surface area contributed by atoms with E-state index < -0.39 is 29.1 Å². The third kappa shape index (κ3) is 4.41. The van der Waals surface area contributed by atoms with Gasteiger partial charge in [0.2, 0.25) is 11.8 Å². The number of thioether (sulfide) groups is 1. The number of halogens is 1. The van der Waals surface area contributed by atoms with Crippen molar-refractivity contribution in [1.82, 2.24) is 9.97 Å². The highest BCUT2D eigenvalue weighted by atomic mass is 32.2. The summed E-state index contributed by atoms with van der Waals surface area (Å²) >= 11 is 1.39. The maximum atomic E-state index is 13.5. The first-order chi connectivity index (χ1) is 13.4. The zero-order chi connectivity index (χ0) is 20.3. The first-order valence-corrected chi connectivity index (χ1v) is 10.0. The summed E-state index contributed by atoms with van der Waals surface area (Å²) in [5.41, 5.74) is 0.629. The fourth-order valence-corrected chi connectivity index (χ4v) is 3.85. The number of aromatic nitrogens is 2. The quantitative estimate of drug-likeness (QED) is 0.390. The van der Waals surface area contributed by atoms with Gasteiger partial charge in [0, 0.05) is 17.9 Å². The van der Waals surface area contributed by atoms with Crippen molar-refractivity contribution >= 4 is 35.1 Å². The molecule has 2 amide bonds. The zero-order valence-corrected chi connectivity index (χ0v) is 16.4. The van der Waals surface area contributed by atoms with Gasteiger partial charge in [0.05, 0.1) is 11.5 Å². The van der Waals surface area contributed by atoms with E-state index in [0.29, 0.717) is 16.4 Å². The number of carbonyl (C=O) groups is 2. The molecule has 0 spiro atoms. The highest BCUT2D eigenvalue weighted by molar-refractivity contribution is 7.99. The van der Waals surface area contributed by atoms with E-state index in [1.54, 1.807) is 13.0 Å². The van der Waals surface area contributed by atoms with E-state index in [-0.39, 0.29) is 17.8 Å². The topological polar surface area (TPSA) is 104 Å². The van der Waals surface area contributed by atoms with Crippen LogP contribution in [-0.2, 0) is 9.59 Å². The highest BCUT2D eigenvalue weighted by Gasteiger charge is 2.35. The number of nitrogens with zero attached hydrogens (tertiary/aromatic N) is 1. The molecule has 2 aromatic rings. The van der Waals surface area contributed by atoms with Gasteiger partial charge in [-0.05, 0) is 31.0 Å². The van der Waals surface area contributed by atoms with Crippen LogP contribution in [0.25, 0.3) is 0 Å². The van der Waals surface area contributed by atoms with Crippen molar-refractivity contribution in [3.8, 4) is 0 Å². The lowest BCUT2D eigenvalue weighted by molar-refractivity contribution is -0.123. The Morgan fingerprint density at radius 3 is 2.93 bits per heavy atom. The summed E-state index contributed by atoms with van der Waals surface area (Å²) in [6.07, 6.45) is 1.80. The molecule has 1 aromatic carbocycles. The third-order valence-electron chi connectivity index (χ3n) is 4.44. The Bertz CT molecular complexity index is 976. The SMILES string of the molecule is CCCCSc1nc2c(c(=O)[nH]1)[C@@H](C(=O)Nc1cc(F)ccc1C)CC(=O)N2. The molecule has 7 nitrogen and oxygen atoms in total.